The van der Waals surface area contributed by atoms with E-state index in [1.807, 2.05) is 30.5 Å². The number of aromatic amines is 1. The Morgan fingerprint density at radius 3 is 2.68 bits per heavy atom. The van der Waals surface area contributed by atoms with Crippen molar-refractivity contribution in [3.05, 3.63) is 59.2 Å². The summed E-state index contributed by atoms with van der Waals surface area (Å²) >= 11 is 5.82. The van der Waals surface area contributed by atoms with Gasteiger partial charge in [0.05, 0.1) is 5.52 Å². The average molecular weight is 274 g/mol. The van der Waals surface area contributed by atoms with E-state index < -0.39 is 0 Å². The highest BCUT2D eigenvalue weighted by Gasteiger charge is 2.07. The van der Waals surface area contributed by atoms with Crippen LogP contribution in [0.5, 0.6) is 11.5 Å². The van der Waals surface area contributed by atoms with Crippen LogP contribution < -0.4 is 4.74 Å². The van der Waals surface area contributed by atoms with Crippen molar-refractivity contribution in [1.82, 2.24) is 4.98 Å². The summed E-state index contributed by atoms with van der Waals surface area (Å²) in [5.74, 6) is 1.01. The smallest absolute Gasteiger partial charge is 0.139 e. The maximum absolute atomic E-state index is 9.71. The topological polar surface area (TPSA) is 45.2 Å². The summed E-state index contributed by atoms with van der Waals surface area (Å²) in [6, 6.07) is 12.7. The predicted octanol–water partition coefficient (Wildman–Crippen LogP) is 4.11. The van der Waals surface area contributed by atoms with E-state index in [4.69, 9.17) is 16.3 Å². The zero-order valence-corrected chi connectivity index (χ0v) is 10.8. The molecular weight excluding hydrogens is 262 g/mol. The van der Waals surface area contributed by atoms with Gasteiger partial charge in [-0.15, -0.1) is 0 Å². The number of halogens is 1. The maximum Gasteiger partial charge on any atom is 0.139 e. The lowest BCUT2D eigenvalue weighted by atomic mass is 10.2. The Morgan fingerprint density at radius 1 is 1.11 bits per heavy atom. The van der Waals surface area contributed by atoms with Gasteiger partial charge in [-0.05, 0) is 30.3 Å². The van der Waals surface area contributed by atoms with Gasteiger partial charge < -0.3 is 14.8 Å². The van der Waals surface area contributed by atoms with Gasteiger partial charge in [-0.1, -0.05) is 23.7 Å². The fourth-order valence-corrected chi connectivity index (χ4v) is 2.13. The maximum atomic E-state index is 9.71. The molecule has 0 aliphatic rings. The van der Waals surface area contributed by atoms with Crippen LogP contribution >= 0.6 is 11.6 Å². The minimum Gasteiger partial charge on any atom is -0.506 e. The first-order valence-corrected chi connectivity index (χ1v) is 6.28. The number of hydrogen-bond donors (Lipinski definition) is 2. The van der Waals surface area contributed by atoms with Crippen LogP contribution in [0.2, 0.25) is 5.02 Å². The highest BCUT2D eigenvalue weighted by Crippen LogP contribution is 2.27. The number of aromatic hydroxyl groups is 1. The number of ether oxygens (including phenoxy) is 1. The minimum atomic E-state index is 0.246. The summed E-state index contributed by atoms with van der Waals surface area (Å²) in [6.45, 7) is 0.436. The number of phenols is 1. The molecule has 4 heteroatoms. The largest absolute Gasteiger partial charge is 0.506 e. The second-order valence-electron chi connectivity index (χ2n) is 4.26. The van der Waals surface area contributed by atoms with Gasteiger partial charge in [-0.25, -0.2) is 0 Å². The second-order valence-corrected chi connectivity index (χ2v) is 4.69. The first kappa shape index (κ1) is 11.9. The molecule has 0 spiro atoms. The summed E-state index contributed by atoms with van der Waals surface area (Å²) < 4.78 is 5.69. The van der Waals surface area contributed by atoms with Crippen molar-refractivity contribution in [2.24, 2.45) is 0 Å². The summed E-state index contributed by atoms with van der Waals surface area (Å²) in [6.07, 6.45) is 1.85. The molecule has 0 fully saturated rings. The van der Waals surface area contributed by atoms with Gasteiger partial charge >= 0.3 is 0 Å². The van der Waals surface area contributed by atoms with Gasteiger partial charge in [0.1, 0.15) is 18.1 Å². The molecule has 0 aliphatic carbocycles. The number of aromatic nitrogens is 1. The Hall–Kier alpha value is -2.13. The van der Waals surface area contributed by atoms with Gasteiger partial charge in [-0.2, -0.15) is 0 Å². The van der Waals surface area contributed by atoms with Gasteiger partial charge in [0, 0.05) is 22.2 Å². The van der Waals surface area contributed by atoms with E-state index in [9.17, 15) is 5.11 Å². The number of phenolic OH excluding ortho intramolecular Hbond substituents is 1. The van der Waals surface area contributed by atoms with Crippen molar-refractivity contribution in [2.75, 3.05) is 0 Å². The first-order valence-electron chi connectivity index (χ1n) is 5.90. The Kier molecular flexibility index (Phi) is 3.05. The minimum absolute atomic E-state index is 0.246. The van der Waals surface area contributed by atoms with E-state index in [1.54, 1.807) is 18.2 Å². The molecule has 96 valence electrons. The molecular formula is C15H12ClNO2. The van der Waals surface area contributed by atoms with Crippen molar-refractivity contribution in [2.45, 2.75) is 6.61 Å². The molecule has 2 aromatic carbocycles. The van der Waals surface area contributed by atoms with Crippen molar-refractivity contribution < 1.29 is 9.84 Å². The van der Waals surface area contributed by atoms with Crippen LogP contribution in [0.1, 0.15) is 5.56 Å². The molecule has 0 atom stereocenters. The standard InChI is InChI=1S/C15H12ClNO2/c16-11-4-6-12(7-5-11)19-9-10-8-17-15-13(10)2-1-3-14(15)18/h1-8,17-18H,9H2. The molecule has 1 aromatic heterocycles. The number of H-pyrrole nitrogens is 1. The summed E-state index contributed by atoms with van der Waals surface area (Å²) in [7, 11) is 0. The van der Waals surface area contributed by atoms with Crippen molar-refractivity contribution >= 4 is 22.5 Å². The van der Waals surface area contributed by atoms with Gasteiger partial charge in [0.15, 0.2) is 0 Å². The Labute approximate surface area is 115 Å². The average Bonchev–Trinajstić information content (AvgIpc) is 2.83. The number of para-hydroxylation sites is 1. The lowest BCUT2D eigenvalue weighted by molar-refractivity contribution is 0.307. The van der Waals surface area contributed by atoms with E-state index >= 15 is 0 Å². The third kappa shape index (κ3) is 2.37. The fourth-order valence-electron chi connectivity index (χ4n) is 2.01. The van der Waals surface area contributed by atoms with Crippen molar-refractivity contribution in [3.63, 3.8) is 0 Å². The molecule has 1 heterocycles. The van der Waals surface area contributed by atoms with Crippen LogP contribution in [0.3, 0.4) is 0 Å². The molecule has 0 radical (unpaired) electrons. The Balaban J connectivity index is 1.82. The van der Waals surface area contributed by atoms with Crippen LogP contribution in [0.25, 0.3) is 10.9 Å². The first-order chi connectivity index (χ1) is 9.24. The molecule has 3 aromatic rings. The van der Waals surface area contributed by atoms with E-state index in [-0.39, 0.29) is 5.75 Å². The Morgan fingerprint density at radius 2 is 1.89 bits per heavy atom. The fraction of sp³-hybridized carbons (Fsp3) is 0.0667. The van der Waals surface area contributed by atoms with Crippen molar-refractivity contribution in [3.8, 4) is 11.5 Å². The number of hydrogen-bond acceptors (Lipinski definition) is 2. The van der Waals surface area contributed by atoms with E-state index in [0.717, 1.165) is 22.2 Å². The van der Waals surface area contributed by atoms with Crippen LogP contribution in [0.15, 0.2) is 48.7 Å². The lowest BCUT2D eigenvalue weighted by Gasteiger charge is -2.05. The third-order valence-electron chi connectivity index (χ3n) is 2.99. The number of benzene rings is 2. The van der Waals surface area contributed by atoms with Gasteiger partial charge in [0.25, 0.3) is 0 Å². The molecule has 3 nitrogen and oxygen atoms in total. The number of nitrogens with one attached hydrogen (secondary N) is 1. The van der Waals surface area contributed by atoms with E-state index in [2.05, 4.69) is 4.98 Å². The zero-order valence-electron chi connectivity index (χ0n) is 10.1. The van der Waals surface area contributed by atoms with Crippen LogP contribution in [-0.4, -0.2) is 10.1 Å². The van der Waals surface area contributed by atoms with Crippen LogP contribution in [-0.2, 0) is 6.61 Å². The zero-order chi connectivity index (χ0) is 13.2. The number of fused-ring (bicyclic) bond motifs is 1. The van der Waals surface area contributed by atoms with Crippen LogP contribution in [0, 0.1) is 0 Å². The molecule has 0 saturated carbocycles. The molecule has 2 N–H and O–H groups in total. The van der Waals surface area contributed by atoms with Crippen molar-refractivity contribution in [1.29, 1.82) is 0 Å². The van der Waals surface area contributed by atoms with E-state index in [0.29, 0.717) is 11.6 Å². The van der Waals surface area contributed by atoms with Crippen LogP contribution in [0.4, 0.5) is 0 Å². The normalized spacial score (nSPS) is 10.8. The quantitative estimate of drug-likeness (QED) is 0.754. The molecule has 3 rings (SSSR count). The van der Waals surface area contributed by atoms with Gasteiger partial charge in [-0.3, -0.25) is 0 Å². The monoisotopic (exact) mass is 273 g/mol. The second kappa shape index (κ2) is 4.86. The predicted molar refractivity (Wildman–Crippen MR) is 75.7 cm³/mol. The molecule has 0 unspecified atom stereocenters. The Bertz CT molecular complexity index is 704. The highest BCUT2D eigenvalue weighted by atomic mass is 35.5. The summed E-state index contributed by atoms with van der Waals surface area (Å²) in [5.41, 5.74) is 1.73. The third-order valence-corrected chi connectivity index (χ3v) is 3.24. The highest BCUT2D eigenvalue weighted by molar-refractivity contribution is 6.30. The molecule has 0 bridgehead atoms. The van der Waals surface area contributed by atoms with Gasteiger partial charge in [0.2, 0.25) is 0 Å². The lowest BCUT2D eigenvalue weighted by Crippen LogP contribution is -1.93. The number of rotatable bonds is 3. The van der Waals surface area contributed by atoms with E-state index in [1.165, 1.54) is 0 Å². The summed E-state index contributed by atoms with van der Waals surface area (Å²) in [5, 5.41) is 11.4. The SMILES string of the molecule is Oc1cccc2c(COc3ccc(Cl)cc3)c[nH]c12. The molecule has 0 amide bonds. The molecule has 0 saturated heterocycles. The molecule has 0 aliphatic heterocycles. The molecule has 19 heavy (non-hydrogen) atoms. The summed E-state index contributed by atoms with van der Waals surface area (Å²) in [4.78, 5) is 3.05.